The highest BCUT2D eigenvalue weighted by Crippen LogP contribution is 2.25. The summed E-state index contributed by atoms with van der Waals surface area (Å²) in [5, 5.41) is 10.4. The molecule has 5 nitrogen and oxygen atoms in total. The molecule has 0 aliphatic carbocycles. The first-order valence-corrected chi connectivity index (χ1v) is 10.1. The predicted molar refractivity (Wildman–Crippen MR) is 114 cm³/mol. The number of aliphatic hydroxyl groups excluding tert-OH is 1. The van der Waals surface area contributed by atoms with Crippen LogP contribution in [0.5, 0.6) is 11.5 Å². The number of hydrogen-bond acceptors (Lipinski definition) is 4. The fourth-order valence-electron chi connectivity index (χ4n) is 3.59. The van der Waals surface area contributed by atoms with Crippen molar-refractivity contribution in [3.05, 3.63) is 96.1 Å². The lowest BCUT2D eigenvalue weighted by atomic mass is 10.1. The summed E-state index contributed by atoms with van der Waals surface area (Å²) in [6.45, 7) is 1.19. The van der Waals surface area contributed by atoms with E-state index in [0.29, 0.717) is 19.8 Å². The Morgan fingerprint density at radius 2 is 1.47 bits per heavy atom. The molecule has 1 N–H and O–H groups in total. The van der Waals surface area contributed by atoms with Crippen LogP contribution in [0.4, 0.5) is 0 Å². The molecule has 154 valence electrons. The van der Waals surface area contributed by atoms with Crippen LogP contribution in [0.1, 0.15) is 17.5 Å². The highest BCUT2D eigenvalue weighted by atomic mass is 16.5. The Balaban J connectivity index is 1.36. The number of hydrogen-bond donors (Lipinski definition) is 1. The van der Waals surface area contributed by atoms with Crippen LogP contribution in [-0.2, 0) is 22.7 Å². The van der Waals surface area contributed by atoms with Crippen LogP contribution in [0.15, 0.2) is 84.9 Å². The Labute approximate surface area is 176 Å². The second-order valence-corrected chi connectivity index (χ2v) is 7.42. The molecule has 4 rings (SSSR count). The molecule has 0 saturated carbocycles. The topological polar surface area (TPSA) is 59.0 Å². The van der Waals surface area contributed by atoms with Gasteiger partial charge in [0.2, 0.25) is 5.91 Å². The minimum atomic E-state index is -0.714. The molecule has 1 fully saturated rings. The van der Waals surface area contributed by atoms with Crippen molar-refractivity contribution < 1.29 is 19.4 Å². The Hall–Kier alpha value is -3.15. The van der Waals surface area contributed by atoms with E-state index in [9.17, 15) is 9.90 Å². The Morgan fingerprint density at radius 3 is 2.17 bits per heavy atom. The largest absolute Gasteiger partial charge is 0.457 e. The van der Waals surface area contributed by atoms with Gasteiger partial charge in [0.25, 0.3) is 0 Å². The molecule has 1 aliphatic rings. The lowest BCUT2D eigenvalue weighted by Crippen LogP contribution is -2.40. The zero-order valence-corrected chi connectivity index (χ0v) is 16.7. The summed E-state index contributed by atoms with van der Waals surface area (Å²) < 4.78 is 11.6. The van der Waals surface area contributed by atoms with E-state index in [-0.39, 0.29) is 18.4 Å². The quantitative estimate of drug-likeness (QED) is 0.614. The number of amides is 1. The number of carbonyl (C=O) groups excluding carboxylic acids is 1. The number of para-hydroxylation sites is 1. The molecule has 1 heterocycles. The van der Waals surface area contributed by atoms with Gasteiger partial charge in [-0.1, -0.05) is 60.7 Å². The fourth-order valence-corrected chi connectivity index (χ4v) is 3.59. The third-order valence-corrected chi connectivity index (χ3v) is 5.20. The summed E-state index contributed by atoms with van der Waals surface area (Å²) >= 11 is 0. The zero-order valence-electron chi connectivity index (χ0n) is 16.7. The van der Waals surface area contributed by atoms with Crippen LogP contribution in [0, 0.1) is 0 Å². The standard InChI is InChI=1S/C25H25NO4/c27-24-15-25(28)26(23(24)18-29-17-20-7-3-1-4-8-20)16-19-11-13-22(14-12-19)30-21-9-5-2-6-10-21/h1-14,23-24,27H,15-18H2. The number of carbonyl (C=O) groups is 1. The Morgan fingerprint density at radius 1 is 0.833 bits per heavy atom. The maximum atomic E-state index is 12.4. The van der Waals surface area contributed by atoms with E-state index in [1.54, 1.807) is 4.90 Å². The van der Waals surface area contributed by atoms with Gasteiger partial charge in [-0.25, -0.2) is 0 Å². The molecule has 1 saturated heterocycles. The fraction of sp³-hybridized carbons (Fsp3) is 0.240. The minimum absolute atomic E-state index is 0.0552. The third-order valence-electron chi connectivity index (χ3n) is 5.20. The molecular weight excluding hydrogens is 378 g/mol. The van der Waals surface area contributed by atoms with Gasteiger partial charge in [-0.15, -0.1) is 0 Å². The molecule has 1 aliphatic heterocycles. The predicted octanol–water partition coefficient (Wildman–Crippen LogP) is 4.16. The van der Waals surface area contributed by atoms with E-state index >= 15 is 0 Å². The third kappa shape index (κ3) is 5.06. The molecular formula is C25H25NO4. The Bertz CT molecular complexity index is 944. The van der Waals surface area contributed by atoms with Crippen molar-refractivity contribution in [2.45, 2.75) is 31.7 Å². The van der Waals surface area contributed by atoms with E-state index in [1.165, 1.54) is 0 Å². The number of nitrogens with zero attached hydrogens (tertiary/aromatic N) is 1. The van der Waals surface area contributed by atoms with Crippen LogP contribution in [-0.4, -0.2) is 34.7 Å². The van der Waals surface area contributed by atoms with Crippen molar-refractivity contribution in [1.82, 2.24) is 4.90 Å². The summed E-state index contributed by atoms with van der Waals surface area (Å²) in [7, 11) is 0. The van der Waals surface area contributed by atoms with Crippen molar-refractivity contribution in [2.24, 2.45) is 0 Å². The minimum Gasteiger partial charge on any atom is -0.457 e. The van der Waals surface area contributed by atoms with Gasteiger partial charge >= 0.3 is 0 Å². The molecule has 0 spiro atoms. The van der Waals surface area contributed by atoms with E-state index in [2.05, 4.69) is 0 Å². The van der Waals surface area contributed by atoms with Crippen LogP contribution in [0.3, 0.4) is 0 Å². The monoisotopic (exact) mass is 403 g/mol. The van der Waals surface area contributed by atoms with Gasteiger partial charge in [0, 0.05) is 6.54 Å². The Kier molecular flexibility index (Phi) is 6.42. The lowest BCUT2D eigenvalue weighted by Gasteiger charge is -2.26. The van der Waals surface area contributed by atoms with Crippen molar-refractivity contribution in [1.29, 1.82) is 0 Å². The van der Waals surface area contributed by atoms with Gasteiger partial charge in [0.15, 0.2) is 0 Å². The van der Waals surface area contributed by atoms with Gasteiger partial charge < -0.3 is 19.5 Å². The van der Waals surface area contributed by atoms with Crippen LogP contribution in [0.25, 0.3) is 0 Å². The highest BCUT2D eigenvalue weighted by molar-refractivity contribution is 5.79. The molecule has 3 aromatic rings. The smallest absolute Gasteiger partial charge is 0.225 e. The first-order valence-electron chi connectivity index (χ1n) is 10.1. The second-order valence-electron chi connectivity index (χ2n) is 7.42. The van der Waals surface area contributed by atoms with Crippen molar-refractivity contribution in [3.63, 3.8) is 0 Å². The van der Waals surface area contributed by atoms with Crippen LogP contribution >= 0.6 is 0 Å². The van der Waals surface area contributed by atoms with Gasteiger partial charge in [-0.05, 0) is 35.4 Å². The second kappa shape index (κ2) is 9.57. The maximum absolute atomic E-state index is 12.4. The number of ether oxygens (including phenoxy) is 2. The summed E-state index contributed by atoms with van der Waals surface area (Å²) in [4.78, 5) is 14.1. The van der Waals surface area contributed by atoms with Crippen molar-refractivity contribution in [3.8, 4) is 11.5 Å². The van der Waals surface area contributed by atoms with Crippen molar-refractivity contribution >= 4 is 5.91 Å². The normalized spacial score (nSPS) is 18.6. The average molecular weight is 403 g/mol. The van der Waals surface area contributed by atoms with Crippen LogP contribution in [0.2, 0.25) is 0 Å². The molecule has 3 aromatic carbocycles. The van der Waals surface area contributed by atoms with E-state index in [1.807, 2.05) is 84.9 Å². The number of benzene rings is 3. The molecule has 30 heavy (non-hydrogen) atoms. The molecule has 0 bridgehead atoms. The maximum Gasteiger partial charge on any atom is 0.225 e. The zero-order chi connectivity index (χ0) is 20.8. The average Bonchev–Trinajstić information content (AvgIpc) is 3.03. The summed E-state index contributed by atoms with van der Waals surface area (Å²) in [6, 6.07) is 26.8. The molecule has 0 aromatic heterocycles. The van der Waals surface area contributed by atoms with E-state index in [4.69, 9.17) is 9.47 Å². The number of rotatable bonds is 8. The lowest BCUT2D eigenvalue weighted by molar-refractivity contribution is -0.130. The van der Waals surface area contributed by atoms with Gasteiger partial charge in [0.05, 0.1) is 31.8 Å². The van der Waals surface area contributed by atoms with Crippen molar-refractivity contribution in [2.75, 3.05) is 6.61 Å². The summed E-state index contributed by atoms with van der Waals surface area (Å²) in [5.74, 6) is 1.46. The SMILES string of the molecule is O=C1CC(O)C(COCc2ccccc2)N1Cc1ccc(Oc2ccccc2)cc1. The number of aliphatic hydroxyl groups is 1. The summed E-state index contributed by atoms with van der Waals surface area (Å²) in [5.41, 5.74) is 2.04. The van der Waals surface area contributed by atoms with Gasteiger partial charge in [-0.2, -0.15) is 0 Å². The van der Waals surface area contributed by atoms with Crippen LogP contribution < -0.4 is 4.74 Å². The van der Waals surface area contributed by atoms with Gasteiger partial charge in [-0.3, -0.25) is 4.79 Å². The number of likely N-dealkylation sites (tertiary alicyclic amines) is 1. The van der Waals surface area contributed by atoms with Gasteiger partial charge in [0.1, 0.15) is 11.5 Å². The summed E-state index contributed by atoms with van der Waals surface area (Å²) in [6.07, 6.45) is -0.580. The van der Waals surface area contributed by atoms with E-state index < -0.39 is 6.10 Å². The molecule has 2 unspecified atom stereocenters. The first-order chi connectivity index (χ1) is 14.7. The van der Waals surface area contributed by atoms with E-state index in [0.717, 1.165) is 22.6 Å². The first kappa shape index (κ1) is 20.1. The highest BCUT2D eigenvalue weighted by Gasteiger charge is 2.38. The molecule has 0 radical (unpaired) electrons. The molecule has 5 heteroatoms. The molecule has 1 amide bonds. The molecule has 2 atom stereocenters.